The average Bonchev–Trinajstić information content (AvgIpc) is 2.66. The Morgan fingerprint density at radius 3 is 2.62 bits per heavy atom. The monoisotopic (exact) mass is 223 g/mol. The molecule has 4 nitrogen and oxygen atoms in total. The lowest BCUT2D eigenvalue weighted by Crippen LogP contribution is -2.42. The van der Waals surface area contributed by atoms with Gasteiger partial charge in [0.2, 0.25) is 0 Å². The Bertz CT molecular complexity index is 316. The number of hydrogen-bond donors (Lipinski definition) is 1. The molecule has 1 saturated heterocycles. The van der Waals surface area contributed by atoms with Gasteiger partial charge in [0.15, 0.2) is 0 Å². The molecule has 0 unspecified atom stereocenters. The fourth-order valence-electron chi connectivity index (χ4n) is 1.99. The number of piperazine rings is 1. The Morgan fingerprint density at radius 2 is 1.94 bits per heavy atom. The summed E-state index contributed by atoms with van der Waals surface area (Å²) in [7, 11) is 4.11. The quantitative estimate of drug-likeness (QED) is 0.816. The van der Waals surface area contributed by atoms with E-state index in [-0.39, 0.29) is 0 Å². The third-order valence-electron chi connectivity index (χ3n) is 2.78. The first-order chi connectivity index (χ1) is 7.74. The van der Waals surface area contributed by atoms with Gasteiger partial charge >= 0.3 is 0 Å². The summed E-state index contributed by atoms with van der Waals surface area (Å²) in [6.45, 7) is 6.22. The minimum absolute atomic E-state index is 0.877. The minimum Gasteiger partial charge on any atom is -0.463 e. The minimum atomic E-state index is 0.877. The molecule has 1 aliphatic rings. The molecular formula is C12H21N3O. The number of furan rings is 1. The second-order valence-corrected chi connectivity index (χ2v) is 4.63. The van der Waals surface area contributed by atoms with Crippen molar-refractivity contribution < 1.29 is 4.42 Å². The molecular weight excluding hydrogens is 202 g/mol. The fourth-order valence-corrected chi connectivity index (χ4v) is 1.99. The Labute approximate surface area is 97.2 Å². The smallest absolute Gasteiger partial charge is 0.118 e. The maximum Gasteiger partial charge on any atom is 0.118 e. The molecule has 0 saturated carbocycles. The van der Waals surface area contributed by atoms with Gasteiger partial charge in [-0.25, -0.2) is 0 Å². The summed E-state index contributed by atoms with van der Waals surface area (Å²) in [5.41, 5.74) is 0. The predicted molar refractivity (Wildman–Crippen MR) is 64.2 cm³/mol. The van der Waals surface area contributed by atoms with Crippen molar-refractivity contribution in [1.29, 1.82) is 0 Å². The fraction of sp³-hybridized carbons (Fsp3) is 0.667. The van der Waals surface area contributed by atoms with E-state index in [9.17, 15) is 0 Å². The van der Waals surface area contributed by atoms with Crippen LogP contribution >= 0.6 is 0 Å². The molecule has 1 N–H and O–H groups in total. The first-order valence-corrected chi connectivity index (χ1v) is 5.89. The van der Waals surface area contributed by atoms with Gasteiger partial charge in [0.25, 0.3) is 0 Å². The molecule has 0 atom stereocenters. The lowest BCUT2D eigenvalue weighted by molar-refractivity contribution is 0.212. The van der Waals surface area contributed by atoms with Crippen LogP contribution in [0.25, 0.3) is 0 Å². The molecule has 0 aliphatic carbocycles. The molecule has 0 radical (unpaired) electrons. The van der Waals surface area contributed by atoms with Gasteiger partial charge in [-0.3, -0.25) is 4.90 Å². The van der Waals surface area contributed by atoms with Crippen LogP contribution in [0, 0.1) is 0 Å². The third-order valence-corrected chi connectivity index (χ3v) is 2.78. The predicted octanol–water partition coefficient (Wildman–Crippen LogP) is 0.746. The van der Waals surface area contributed by atoms with Crippen molar-refractivity contribution in [3.63, 3.8) is 0 Å². The van der Waals surface area contributed by atoms with Crippen LogP contribution in [0.5, 0.6) is 0 Å². The van der Waals surface area contributed by atoms with E-state index >= 15 is 0 Å². The number of nitrogens with one attached hydrogen (secondary N) is 1. The molecule has 0 spiro atoms. The van der Waals surface area contributed by atoms with Crippen molar-refractivity contribution >= 4 is 0 Å². The van der Waals surface area contributed by atoms with Crippen LogP contribution in [-0.4, -0.2) is 50.1 Å². The topological polar surface area (TPSA) is 31.6 Å². The van der Waals surface area contributed by atoms with E-state index in [0.29, 0.717) is 0 Å². The summed E-state index contributed by atoms with van der Waals surface area (Å²) >= 11 is 0. The molecule has 0 bridgehead atoms. The highest BCUT2D eigenvalue weighted by Crippen LogP contribution is 2.12. The van der Waals surface area contributed by atoms with Crippen LogP contribution in [-0.2, 0) is 13.1 Å². The van der Waals surface area contributed by atoms with Crippen molar-refractivity contribution in [1.82, 2.24) is 15.1 Å². The van der Waals surface area contributed by atoms with Crippen LogP contribution in [0.2, 0.25) is 0 Å². The van der Waals surface area contributed by atoms with Gasteiger partial charge in [-0.05, 0) is 26.2 Å². The number of hydrogen-bond acceptors (Lipinski definition) is 4. The van der Waals surface area contributed by atoms with Crippen molar-refractivity contribution in [3.8, 4) is 0 Å². The molecule has 1 aliphatic heterocycles. The van der Waals surface area contributed by atoms with E-state index < -0.39 is 0 Å². The van der Waals surface area contributed by atoms with Crippen LogP contribution < -0.4 is 5.32 Å². The van der Waals surface area contributed by atoms with Crippen LogP contribution in [0.1, 0.15) is 11.5 Å². The summed E-state index contributed by atoms with van der Waals surface area (Å²) in [4.78, 5) is 4.54. The van der Waals surface area contributed by atoms with Gasteiger partial charge in [-0.1, -0.05) is 0 Å². The highest BCUT2D eigenvalue weighted by Gasteiger charge is 2.12. The van der Waals surface area contributed by atoms with Gasteiger partial charge in [-0.15, -0.1) is 0 Å². The molecule has 2 rings (SSSR count). The van der Waals surface area contributed by atoms with Gasteiger partial charge in [0.1, 0.15) is 11.5 Å². The standard InChI is InChI=1S/C12H21N3O/c1-14(2)9-11-3-4-12(16-11)10-15-7-5-13-6-8-15/h3-4,13H,5-10H2,1-2H3. The van der Waals surface area contributed by atoms with E-state index in [4.69, 9.17) is 4.42 Å². The molecule has 0 amide bonds. The van der Waals surface area contributed by atoms with Crippen molar-refractivity contribution in [2.24, 2.45) is 0 Å². The Kier molecular flexibility index (Phi) is 3.98. The molecule has 1 aromatic rings. The molecule has 4 heteroatoms. The lowest BCUT2D eigenvalue weighted by Gasteiger charge is -2.26. The maximum absolute atomic E-state index is 5.79. The lowest BCUT2D eigenvalue weighted by atomic mass is 10.3. The van der Waals surface area contributed by atoms with Gasteiger partial charge < -0.3 is 14.6 Å². The maximum atomic E-state index is 5.79. The summed E-state index contributed by atoms with van der Waals surface area (Å²) < 4.78 is 5.79. The SMILES string of the molecule is CN(C)Cc1ccc(CN2CCNCC2)o1. The second kappa shape index (κ2) is 5.48. The number of nitrogens with zero attached hydrogens (tertiary/aromatic N) is 2. The zero-order chi connectivity index (χ0) is 11.4. The molecule has 90 valence electrons. The summed E-state index contributed by atoms with van der Waals surface area (Å²) in [6, 6.07) is 4.18. The average molecular weight is 223 g/mol. The Balaban J connectivity index is 1.86. The molecule has 0 aromatic carbocycles. The van der Waals surface area contributed by atoms with Crippen LogP contribution in [0.4, 0.5) is 0 Å². The van der Waals surface area contributed by atoms with Crippen LogP contribution in [0.15, 0.2) is 16.5 Å². The van der Waals surface area contributed by atoms with E-state index in [1.807, 2.05) is 0 Å². The van der Waals surface area contributed by atoms with E-state index in [1.165, 1.54) is 0 Å². The van der Waals surface area contributed by atoms with Gasteiger partial charge in [-0.2, -0.15) is 0 Å². The number of rotatable bonds is 4. The first kappa shape index (κ1) is 11.6. The largest absolute Gasteiger partial charge is 0.463 e. The van der Waals surface area contributed by atoms with Gasteiger partial charge in [0.05, 0.1) is 13.1 Å². The highest BCUT2D eigenvalue weighted by molar-refractivity contribution is 5.07. The second-order valence-electron chi connectivity index (χ2n) is 4.63. The molecule has 1 fully saturated rings. The normalized spacial score (nSPS) is 18.2. The first-order valence-electron chi connectivity index (χ1n) is 5.89. The van der Waals surface area contributed by atoms with E-state index in [2.05, 4.69) is 41.3 Å². The molecule has 1 aromatic heterocycles. The van der Waals surface area contributed by atoms with Crippen LogP contribution in [0.3, 0.4) is 0 Å². The summed E-state index contributed by atoms with van der Waals surface area (Å²) in [5, 5.41) is 3.35. The Hall–Kier alpha value is -0.840. The highest BCUT2D eigenvalue weighted by atomic mass is 16.3. The zero-order valence-electron chi connectivity index (χ0n) is 10.2. The van der Waals surface area contributed by atoms with Gasteiger partial charge in [0, 0.05) is 26.2 Å². The Morgan fingerprint density at radius 1 is 1.25 bits per heavy atom. The zero-order valence-corrected chi connectivity index (χ0v) is 10.2. The molecule has 2 heterocycles. The van der Waals surface area contributed by atoms with Crippen molar-refractivity contribution in [3.05, 3.63) is 23.7 Å². The van der Waals surface area contributed by atoms with E-state index in [1.54, 1.807) is 0 Å². The van der Waals surface area contributed by atoms with Crippen molar-refractivity contribution in [2.75, 3.05) is 40.3 Å². The summed E-state index contributed by atoms with van der Waals surface area (Å²) in [6.07, 6.45) is 0. The van der Waals surface area contributed by atoms with E-state index in [0.717, 1.165) is 50.8 Å². The van der Waals surface area contributed by atoms with Crippen molar-refractivity contribution in [2.45, 2.75) is 13.1 Å². The molecule has 16 heavy (non-hydrogen) atoms. The third kappa shape index (κ3) is 3.33. The summed E-state index contributed by atoms with van der Waals surface area (Å²) in [5.74, 6) is 2.13.